The fourth-order valence-corrected chi connectivity index (χ4v) is 0.900. The fourth-order valence-electron chi connectivity index (χ4n) is 0.900. The number of nitrogens with zero attached hydrogens (tertiary/aromatic N) is 1. The number of rotatable bonds is 2. The standard InChI is InChI=1S/C7H8N4O4/c8-6(14)9-5(13)3-11-2-1-4(12)10-7(11)15/h1-2H,3H2,(H,10,12,15)(H3,8,9,13,14). The van der Waals surface area contributed by atoms with Crippen molar-refractivity contribution >= 4 is 11.9 Å². The number of urea groups is 1. The van der Waals surface area contributed by atoms with Gasteiger partial charge in [-0.3, -0.25) is 24.5 Å². The minimum Gasteiger partial charge on any atom is -0.351 e. The summed E-state index contributed by atoms with van der Waals surface area (Å²) in [5.41, 5.74) is 3.40. The summed E-state index contributed by atoms with van der Waals surface area (Å²) in [7, 11) is 0. The van der Waals surface area contributed by atoms with Crippen molar-refractivity contribution in [1.82, 2.24) is 14.9 Å². The molecule has 0 saturated heterocycles. The van der Waals surface area contributed by atoms with E-state index in [1.54, 1.807) is 5.32 Å². The molecule has 15 heavy (non-hydrogen) atoms. The highest BCUT2D eigenvalue weighted by Gasteiger charge is 2.06. The van der Waals surface area contributed by atoms with Crippen LogP contribution in [0.4, 0.5) is 4.79 Å². The summed E-state index contributed by atoms with van der Waals surface area (Å²) in [6.07, 6.45) is 1.14. The van der Waals surface area contributed by atoms with Gasteiger partial charge in [0.1, 0.15) is 6.54 Å². The van der Waals surface area contributed by atoms with Crippen molar-refractivity contribution in [3.63, 3.8) is 0 Å². The van der Waals surface area contributed by atoms with Gasteiger partial charge in [-0.15, -0.1) is 0 Å². The normalized spacial score (nSPS) is 9.60. The molecule has 3 amide bonds. The molecular formula is C7H8N4O4. The van der Waals surface area contributed by atoms with E-state index in [1.807, 2.05) is 4.98 Å². The zero-order valence-corrected chi connectivity index (χ0v) is 7.52. The highest BCUT2D eigenvalue weighted by atomic mass is 16.2. The lowest BCUT2D eigenvalue weighted by molar-refractivity contribution is -0.120. The summed E-state index contributed by atoms with van der Waals surface area (Å²) >= 11 is 0. The maximum atomic E-state index is 11.1. The maximum Gasteiger partial charge on any atom is 0.328 e. The Bertz CT molecular complexity index is 500. The van der Waals surface area contributed by atoms with E-state index in [2.05, 4.69) is 0 Å². The van der Waals surface area contributed by atoms with Crippen LogP contribution in [-0.4, -0.2) is 21.5 Å². The fraction of sp³-hybridized carbons (Fsp3) is 0.143. The summed E-state index contributed by atoms with van der Waals surface area (Å²) in [5, 5.41) is 1.78. The molecule has 0 aliphatic carbocycles. The maximum absolute atomic E-state index is 11.1. The average molecular weight is 212 g/mol. The molecule has 8 heteroatoms. The van der Waals surface area contributed by atoms with Crippen molar-refractivity contribution in [2.24, 2.45) is 5.73 Å². The predicted octanol–water partition coefficient (Wildman–Crippen LogP) is -2.27. The van der Waals surface area contributed by atoms with E-state index in [4.69, 9.17) is 5.73 Å². The van der Waals surface area contributed by atoms with Crippen molar-refractivity contribution in [3.05, 3.63) is 33.1 Å². The largest absolute Gasteiger partial charge is 0.351 e. The van der Waals surface area contributed by atoms with Gasteiger partial charge < -0.3 is 5.73 Å². The van der Waals surface area contributed by atoms with Gasteiger partial charge in [0.25, 0.3) is 5.56 Å². The molecule has 0 aromatic carbocycles. The lowest BCUT2D eigenvalue weighted by atomic mass is 10.5. The van der Waals surface area contributed by atoms with Gasteiger partial charge in [0, 0.05) is 12.3 Å². The molecule has 1 rings (SSSR count). The van der Waals surface area contributed by atoms with Gasteiger partial charge in [0.05, 0.1) is 0 Å². The summed E-state index contributed by atoms with van der Waals surface area (Å²) in [6.45, 7) is -0.390. The zero-order valence-electron chi connectivity index (χ0n) is 7.52. The van der Waals surface area contributed by atoms with Crippen LogP contribution in [0.25, 0.3) is 0 Å². The third-order valence-corrected chi connectivity index (χ3v) is 1.47. The molecule has 0 fully saturated rings. The number of nitrogens with one attached hydrogen (secondary N) is 2. The minimum absolute atomic E-state index is 0.390. The molecule has 80 valence electrons. The highest BCUT2D eigenvalue weighted by Crippen LogP contribution is 1.77. The summed E-state index contributed by atoms with van der Waals surface area (Å²) in [5.74, 6) is -0.739. The number of primary amides is 1. The van der Waals surface area contributed by atoms with Crippen LogP contribution < -0.4 is 22.3 Å². The first kappa shape index (κ1) is 10.7. The third kappa shape index (κ3) is 3.10. The molecule has 0 bridgehead atoms. The van der Waals surface area contributed by atoms with Crippen LogP contribution >= 0.6 is 0 Å². The number of aromatic nitrogens is 2. The van der Waals surface area contributed by atoms with Crippen LogP contribution in [0.1, 0.15) is 0 Å². The molecule has 4 N–H and O–H groups in total. The van der Waals surface area contributed by atoms with E-state index in [1.165, 1.54) is 0 Å². The first-order valence-electron chi connectivity index (χ1n) is 3.88. The Morgan fingerprint density at radius 2 is 2.13 bits per heavy atom. The van der Waals surface area contributed by atoms with Crippen LogP contribution in [-0.2, 0) is 11.3 Å². The summed E-state index contributed by atoms with van der Waals surface area (Å²) in [6, 6.07) is 0.0799. The number of imide groups is 1. The van der Waals surface area contributed by atoms with E-state index in [0.717, 1.165) is 16.8 Å². The smallest absolute Gasteiger partial charge is 0.328 e. The molecule has 0 aliphatic heterocycles. The number of H-pyrrole nitrogens is 1. The van der Waals surface area contributed by atoms with E-state index in [0.29, 0.717) is 0 Å². The Hall–Kier alpha value is -2.38. The molecular weight excluding hydrogens is 204 g/mol. The number of carbonyl (C=O) groups is 2. The van der Waals surface area contributed by atoms with Crippen LogP contribution in [0.3, 0.4) is 0 Å². The highest BCUT2D eigenvalue weighted by molar-refractivity contribution is 5.93. The number of hydrogen-bond acceptors (Lipinski definition) is 4. The second-order valence-corrected chi connectivity index (χ2v) is 2.65. The Balaban J connectivity index is 2.82. The van der Waals surface area contributed by atoms with Crippen molar-refractivity contribution in [1.29, 1.82) is 0 Å². The van der Waals surface area contributed by atoms with E-state index >= 15 is 0 Å². The van der Waals surface area contributed by atoms with Gasteiger partial charge in [-0.05, 0) is 0 Å². The molecule has 0 radical (unpaired) electrons. The lowest BCUT2D eigenvalue weighted by Crippen LogP contribution is -2.40. The molecule has 1 heterocycles. The molecule has 0 atom stereocenters. The van der Waals surface area contributed by atoms with Crippen molar-refractivity contribution in [2.75, 3.05) is 0 Å². The van der Waals surface area contributed by atoms with Crippen LogP contribution in [0.2, 0.25) is 0 Å². The Kier molecular flexibility index (Phi) is 3.01. The van der Waals surface area contributed by atoms with Crippen LogP contribution in [0, 0.1) is 0 Å². The van der Waals surface area contributed by atoms with Crippen LogP contribution in [0.5, 0.6) is 0 Å². The monoisotopic (exact) mass is 212 g/mol. The second-order valence-electron chi connectivity index (χ2n) is 2.65. The average Bonchev–Trinajstić information content (AvgIpc) is 2.08. The van der Waals surface area contributed by atoms with E-state index < -0.39 is 29.7 Å². The first-order valence-corrected chi connectivity index (χ1v) is 3.88. The van der Waals surface area contributed by atoms with Crippen molar-refractivity contribution in [3.8, 4) is 0 Å². The second kappa shape index (κ2) is 4.22. The number of aromatic amines is 1. The molecule has 0 aliphatic rings. The topological polar surface area (TPSA) is 127 Å². The molecule has 1 aromatic rings. The van der Waals surface area contributed by atoms with Gasteiger partial charge in [-0.2, -0.15) is 0 Å². The molecule has 8 nitrogen and oxygen atoms in total. The molecule has 0 unspecified atom stereocenters. The Morgan fingerprint density at radius 1 is 1.47 bits per heavy atom. The van der Waals surface area contributed by atoms with Gasteiger partial charge in [0.2, 0.25) is 5.91 Å². The molecule has 1 aromatic heterocycles. The predicted molar refractivity (Wildman–Crippen MR) is 49.0 cm³/mol. The van der Waals surface area contributed by atoms with Gasteiger partial charge in [0.15, 0.2) is 0 Å². The quantitative estimate of drug-likeness (QED) is 0.510. The third-order valence-electron chi connectivity index (χ3n) is 1.47. The number of nitrogens with two attached hydrogens (primary N) is 1. The van der Waals surface area contributed by atoms with Crippen molar-refractivity contribution < 1.29 is 9.59 Å². The van der Waals surface area contributed by atoms with E-state index in [9.17, 15) is 19.2 Å². The zero-order chi connectivity index (χ0) is 11.4. The van der Waals surface area contributed by atoms with Crippen molar-refractivity contribution in [2.45, 2.75) is 6.54 Å². The number of carbonyl (C=O) groups excluding carboxylic acids is 2. The minimum atomic E-state index is -1.00. The van der Waals surface area contributed by atoms with E-state index in [-0.39, 0.29) is 0 Å². The van der Waals surface area contributed by atoms with Gasteiger partial charge in [-0.1, -0.05) is 0 Å². The Labute approximate surface area is 82.7 Å². The number of hydrogen-bond donors (Lipinski definition) is 3. The summed E-state index contributed by atoms with van der Waals surface area (Å²) < 4.78 is 0.930. The van der Waals surface area contributed by atoms with Gasteiger partial charge in [-0.25, -0.2) is 9.59 Å². The molecule has 0 spiro atoms. The first-order chi connectivity index (χ1) is 6.99. The molecule has 0 saturated carbocycles. The Morgan fingerprint density at radius 3 is 2.67 bits per heavy atom. The van der Waals surface area contributed by atoms with Gasteiger partial charge >= 0.3 is 11.7 Å². The lowest BCUT2D eigenvalue weighted by Gasteiger charge is -2.02. The summed E-state index contributed by atoms with van der Waals surface area (Å²) in [4.78, 5) is 45.0. The number of amides is 3. The van der Waals surface area contributed by atoms with Crippen LogP contribution in [0.15, 0.2) is 21.9 Å². The SMILES string of the molecule is NC(=O)NC(=O)Cn1ccc(=O)[nH]c1=O.